The van der Waals surface area contributed by atoms with E-state index in [1.807, 2.05) is 18.2 Å². The highest BCUT2D eigenvalue weighted by Gasteiger charge is 2.25. The zero-order chi connectivity index (χ0) is 20.1. The van der Waals surface area contributed by atoms with Gasteiger partial charge in [-0.05, 0) is 37.6 Å². The number of aromatic nitrogens is 2. The van der Waals surface area contributed by atoms with Crippen molar-refractivity contribution in [2.45, 2.75) is 12.8 Å². The second-order valence-corrected chi connectivity index (χ2v) is 7.48. The first kappa shape index (κ1) is 19.7. The van der Waals surface area contributed by atoms with Gasteiger partial charge in [-0.2, -0.15) is 0 Å². The molecule has 0 atom stereocenters. The maximum Gasteiger partial charge on any atom is 0.262 e. The van der Waals surface area contributed by atoms with Gasteiger partial charge in [-0.15, -0.1) is 0 Å². The molecular weight excluding hydrogens is 390 g/mol. The van der Waals surface area contributed by atoms with Crippen LogP contribution in [0.5, 0.6) is 5.75 Å². The number of carbonyl (C=O) groups is 1. The fourth-order valence-corrected chi connectivity index (χ4v) is 3.81. The molecule has 3 heterocycles. The monoisotopic (exact) mass is 413 g/mol. The minimum absolute atomic E-state index is 0.115. The Bertz CT molecular complexity index is 868. The van der Waals surface area contributed by atoms with Gasteiger partial charge in [0.05, 0.1) is 5.56 Å². The normalized spacial score (nSPS) is 17.4. The molecule has 0 aliphatic carbocycles. The van der Waals surface area contributed by atoms with Crippen LogP contribution in [0.1, 0.15) is 23.2 Å². The first-order chi connectivity index (χ1) is 14.2. The van der Waals surface area contributed by atoms with Gasteiger partial charge in [0.15, 0.2) is 0 Å². The van der Waals surface area contributed by atoms with E-state index in [0.29, 0.717) is 23.0 Å². The molecule has 4 rings (SSSR count). The molecule has 1 amide bonds. The van der Waals surface area contributed by atoms with E-state index >= 15 is 0 Å². The van der Waals surface area contributed by atoms with Gasteiger partial charge in [-0.25, -0.2) is 9.97 Å². The van der Waals surface area contributed by atoms with Gasteiger partial charge in [0.25, 0.3) is 5.91 Å². The summed E-state index contributed by atoms with van der Waals surface area (Å²) in [6, 6.07) is 9.05. The van der Waals surface area contributed by atoms with Crippen LogP contribution in [0.3, 0.4) is 0 Å². The molecule has 1 aromatic heterocycles. The molecule has 0 N–H and O–H groups in total. The number of ether oxygens (including phenoxy) is 1. The molecule has 2 aromatic rings. The fourth-order valence-electron chi connectivity index (χ4n) is 3.60. The van der Waals surface area contributed by atoms with Crippen LogP contribution in [-0.4, -0.2) is 64.9 Å². The van der Waals surface area contributed by atoms with Crippen molar-refractivity contribution >= 4 is 23.5 Å². The van der Waals surface area contributed by atoms with Gasteiger partial charge in [-0.3, -0.25) is 14.6 Å². The lowest BCUT2D eigenvalue weighted by atomic mass is 10.1. The van der Waals surface area contributed by atoms with Crippen LogP contribution < -0.4 is 9.64 Å². The van der Waals surface area contributed by atoms with Crippen molar-refractivity contribution in [1.82, 2.24) is 19.8 Å². The average molecular weight is 414 g/mol. The zero-order valence-electron chi connectivity index (χ0n) is 16.2. The van der Waals surface area contributed by atoms with E-state index in [0.717, 1.165) is 51.5 Å². The summed E-state index contributed by atoms with van der Waals surface area (Å²) in [4.78, 5) is 27.7. The molecule has 29 heavy (non-hydrogen) atoms. The Morgan fingerprint density at radius 1 is 0.966 bits per heavy atom. The predicted octanol–water partition coefficient (Wildman–Crippen LogP) is 2.95. The van der Waals surface area contributed by atoms with Crippen LogP contribution in [0.15, 0.2) is 54.1 Å². The van der Waals surface area contributed by atoms with E-state index < -0.39 is 0 Å². The lowest BCUT2D eigenvalue weighted by Gasteiger charge is -2.34. The molecule has 0 spiro atoms. The number of unbranched alkanes of at least 4 members (excludes halogenated alkanes) is 1. The van der Waals surface area contributed by atoms with Crippen LogP contribution >= 0.6 is 11.6 Å². The highest BCUT2D eigenvalue weighted by Crippen LogP contribution is 2.27. The smallest absolute Gasteiger partial charge is 0.262 e. The summed E-state index contributed by atoms with van der Waals surface area (Å²) in [6.45, 7) is 5.41. The third-order valence-electron chi connectivity index (χ3n) is 5.22. The Hall–Kier alpha value is -2.64. The summed E-state index contributed by atoms with van der Waals surface area (Å²) >= 11 is 6.29. The summed E-state index contributed by atoms with van der Waals surface area (Å²) in [5.41, 5.74) is 0.540. The lowest BCUT2D eigenvalue weighted by molar-refractivity contribution is 0.0814. The van der Waals surface area contributed by atoms with E-state index in [1.54, 1.807) is 29.4 Å². The Balaban J connectivity index is 1.23. The van der Waals surface area contributed by atoms with Crippen LogP contribution in [0.2, 0.25) is 0 Å². The number of benzene rings is 1. The van der Waals surface area contributed by atoms with Crippen LogP contribution in [0, 0.1) is 0 Å². The number of amides is 1. The van der Waals surface area contributed by atoms with E-state index in [1.165, 1.54) is 6.26 Å². The van der Waals surface area contributed by atoms with E-state index in [-0.39, 0.29) is 5.91 Å². The highest BCUT2D eigenvalue weighted by atomic mass is 35.5. The van der Waals surface area contributed by atoms with Gasteiger partial charge in [0, 0.05) is 45.1 Å². The quantitative estimate of drug-likeness (QED) is 0.536. The standard InChI is InChI=1S/C21H24ClN5O2/c22-19-16-29-18-7-2-1-6-17(18)20(28)27(19)11-4-3-10-25-12-14-26(15-13-25)21-23-8-5-9-24-21/h1-2,5-9,16H,3-4,10-15H2. The van der Waals surface area contributed by atoms with Crippen molar-refractivity contribution in [3.63, 3.8) is 0 Å². The molecule has 2 aliphatic rings. The van der Waals surface area contributed by atoms with Crippen LogP contribution in [0.4, 0.5) is 5.95 Å². The minimum atomic E-state index is -0.115. The molecule has 8 heteroatoms. The zero-order valence-corrected chi connectivity index (χ0v) is 17.0. The van der Waals surface area contributed by atoms with Gasteiger partial charge in [-0.1, -0.05) is 23.7 Å². The molecule has 0 bridgehead atoms. The first-order valence-corrected chi connectivity index (χ1v) is 10.3. The van der Waals surface area contributed by atoms with E-state index in [9.17, 15) is 4.79 Å². The molecule has 1 saturated heterocycles. The molecule has 1 aromatic carbocycles. The number of hydrogen-bond donors (Lipinski definition) is 0. The maximum absolute atomic E-state index is 12.8. The number of para-hydroxylation sites is 1. The first-order valence-electron chi connectivity index (χ1n) is 9.90. The second-order valence-electron chi connectivity index (χ2n) is 7.10. The average Bonchev–Trinajstić information content (AvgIpc) is 2.89. The highest BCUT2D eigenvalue weighted by molar-refractivity contribution is 6.30. The van der Waals surface area contributed by atoms with Crippen molar-refractivity contribution in [1.29, 1.82) is 0 Å². The van der Waals surface area contributed by atoms with Crippen molar-refractivity contribution in [3.8, 4) is 5.75 Å². The van der Waals surface area contributed by atoms with Crippen molar-refractivity contribution in [2.75, 3.05) is 44.2 Å². The largest absolute Gasteiger partial charge is 0.461 e. The molecule has 0 unspecified atom stereocenters. The number of halogens is 1. The SMILES string of the molecule is O=C1c2ccccc2OC=C(Cl)N1CCCCN1CCN(c2ncccn2)CC1. The molecule has 0 saturated carbocycles. The second kappa shape index (κ2) is 9.24. The van der Waals surface area contributed by atoms with Gasteiger partial charge in [0.1, 0.15) is 17.2 Å². The molecular formula is C21H24ClN5O2. The number of hydrogen-bond acceptors (Lipinski definition) is 6. The van der Waals surface area contributed by atoms with E-state index in [2.05, 4.69) is 19.8 Å². The summed E-state index contributed by atoms with van der Waals surface area (Å²) in [5.74, 6) is 1.23. The molecule has 0 radical (unpaired) electrons. The Kier molecular flexibility index (Phi) is 6.27. The number of fused-ring (bicyclic) bond motifs is 1. The van der Waals surface area contributed by atoms with Gasteiger partial charge < -0.3 is 9.64 Å². The fraction of sp³-hybridized carbons (Fsp3) is 0.381. The van der Waals surface area contributed by atoms with Crippen molar-refractivity contribution < 1.29 is 9.53 Å². The van der Waals surface area contributed by atoms with Crippen LogP contribution in [-0.2, 0) is 0 Å². The van der Waals surface area contributed by atoms with Crippen molar-refractivity contribution in [3.05, 3.63) is 59.7 Å². The summed E-state index contributed by atoms with van der Waals surface area (Å²) in [5, 5.41) is 0.322. The summed E-state index contributed by atoms with van der Waals surface area (Å²) in [6.07, 6.45) is 6.87. The number of piperazine rings is 1. The summed E-state index contributed by atoms with van der Waals surface area (Å²) < 4.78 is 5.53. The molecule has 1 fully saturated rings. The predicted molar refractivity (Wildman–Crippen MR) is 112 cm³/mol. The Morgan fingerprint density at radius 3 is 2.48 bits per heavy atom. The lowest BCUT2D eigenvalue weighted by Crippen LogP contribution is -2.47. The number of carbonyl (C=O) groups excluding carboxylic acids is 1. The topological polar surface area (TPSA) is 61.8 Å². The van der Waals surface area contributed by atoms with Gasteiger partial charge >= 0.3 is 0 Å². The third-order valence-corrected chi connectivity index (χ3v) is 5.51. The van der Waals surface area contributed by atoms with Gasteiger partial charge in [0.2, 0.25) is 5.95 Å². The molecule has 7 nitrogen and oxygen atoms in total. The number of rotatable bonds is 6. The Morgan fingerprint density at radius 2 is 1.69 bits per heavy atom. The molecule has 152 valence electrons. The van der Waals surface area contributed by atoms with Crippen molar-refractivity contribution in [2.24, 2.45) is 0 Å². The molecule has 2 aliphatic heterocycles. The van der Waals surface area contributed by atoms with E-state index in [4.69, 9.17) is 16.3 Å². The third kappa shape index (κ3) is 4.68. The Labute approximate surface area is 175 Å². The number of anilines is 1. The van der Waals surface area contributed by atoms with Crippen LogP contribution in [0.25, 0.3) is 0 Å². The summed E-state index contributed by atoms with van der Waals surface area (Å²) in [7, 11) is 0. The maximum atomic E-state index is 12.8. The minimum Gasteiger partial charge on any atom is -0.461 e. The number of nitrogens with zero attached hydrogens (tertiary/aromatic N) is 5.